The number of hydrogen-bond donors (Lipinski definition) is 6. The van der Waals surface area contributed by atoms with Gasteiger partial charge in [-0.1, -0.05) is 39.8 Å². The maximum absolute atomic E-state index is 14.4. The number of nitrogen functional groups attached to an aromatic ring is 2. The number of nitrogens with two attached hydrogens (primary N) is 2. The number of pyridine rings is 4. The molecule has 0 aromatic carbocycles. The van der Waals surface area contributed by atoms with E-state index in [-0.39, 0.29) is 19.0 Å². The highest BCUT2D eigenvalue weighted by molar-refractivity contribution is 6.39. The summed E-state index contributed by atoms with van der Waals surface area (Å²) in [6.07, 6.45) is 6.39. The number of hydrogen-bond acceptors (Lipinski definition) is 11. The normalized spacial score (nSPS) is 20.1. The first kappa shape index (κ1) is 47.4. The lowest BCUT2D eigenvalue weighted by atomic mass is 9.87. The fourth-order valence-electron chi connectivity index (χ4n) is 6.50. The van der Waals surface area contributed by atoms with E-state index >= 15 is 0 Å². The molecule has 4 aromatic rings. The minimum atomic E-state index is -2.96. The molecule has 6 heterocycles. The summed E-state index contributed by atoms with van der Waals surface area (Å²) in [5.41, 5.74) is 16.4. The molecule has 8 N–H and O–H groups in total. The number of amides is 3. The number of carbonyl (C=O) groups excluding carboxylic acids is 3. The monoisotopic (exact) mass is 852 g/mol. The zero-order valence-electron chi connectivity index (χ0n) is 34.8. The lowest BCUT2D eigenvalue weighted by Gasteiger charge is -2.42. The number of aliphatic carboxylic acids is 1. The molecule has 19 heteroatoms. The summed E-state index contributed by atoms with van der Waals surface area (Å²) in [5, 5.41) is 16.2. The van der Waals surface area contributed by atoms with Crippen molar-refractivity contribution in [1.82, 2.24) is 30.2 Å². The van der Waals surface area contributed by atoms with Gasteiger partial charge in [0.1, 0.15) is 11.6 Å². The second-order valence-corrected chi connectivity index (χ2v) is 15.1. The number of nitrogens with zero attached hydrogens (tertiary/aromatic N) is 5. The molecular formula is C42H52F4N10O5. The topological polar surface area (TPSA) is 231 Å². The summed E-state index contributed by atoms with van der Waals surface area (Å²) in [4.78, 5) is 64.0. The third kappa shape index (κ3) is 12.6. The number of alkyl halides is 4. The van der Waals surface area contributed by atoms with E-state index in [1.165, 1.54) is 30.4 Å². The zero-order chi connectivity index (χ0) is 45.2. The molecule has 2 aliphatic rings. The first-order chi connectivity index (χ1) is 28.6. The van der Waals surface area contributed by atoms with Crippen LogP contribution in [0.15, 0.2) is 61.2 Å². The zero-order valence-corrected chi connectivity index (χ0v) is 34.8. The summed E-state index contributed by atoms with van der Waals surface area (Å²) in [6, 6.07) is 9.09. The Kier molecular flexibility index (Phi) is 15.8. The predicted molar refractivity (Wildman–Crippen MR) is 222 cm³/mol. The Morgan fingerprint density at radius 3 is 1.70 bits per heavy atom. The van der Waals surface area contributed by atoms with Crippen LogP contribution in [0.1, 0.15) is 86.3 Å². The molecule has 0 saturated carbocycles. The number of carboxylic acids is 1. The quantitative estimate of drug-likeness (QED) is 0.0961. The van der Waals surface area contributed by atoms with Crippen LogP contribution in [-0.2, 0) is 32.0 Å². The SMILES string of the molecule is CCc1cc(NC(=O)C(=O)N2C[C@H](C)C(F)(F)C[C@H]2c2ccc(C)nc2)cnc1N.CCc1cc(NC(=O)C(=O)O)cnc1N.Cc1ccc([C@@H]2CC(F)(F)[C@@H](C)CN2)cn1. The van der Waals surface area contributed by atoms with E-state index in [0.717, 1.165) is 28.1 Å². The molecule has 2 saturated heterocycles. The number of anilines is 4. The minimum Gasteiger partial charge on any atom is -0.474 e. The standard InChI is InChI=1S/C21H25F2N5O2.C12H16F2N2.C9H11N3O3/c1-4-14-7-16(10-26-18(14)24)27-19(29)20(30)28-11-12(2)21(22,23)8-17(28)15-6-5-13(3)25-9-15;1-8-6-16-11(5-12(8,13)14)10-4-3-9(2)15-7-10;1-2-5-3-6(4-11-7(5)10)12-8(13)9(14)15/h5-7,9-10,12,17H,4,8,11H2,1-3H3,(H2,24,26)(H,27,29);3-4,7-8,11,16H,5-6H2,1-2H3;3-4H,2H2,1H3,(H2,10,11)(H,12,13)(H,14,15)/t12-,17-;8-,11-;/m00./s1. The van der Waals surface area contributed by atoms with E-state index < -0.39 is 59.8 Å². The van der Waals surface area contributed by atoms with Gasteiger partial charge < -0.3 is 37.4 Å². The summed E-state index contributed by atoms with van der Waals surface area (Å²) < 4.78 is 56.0. The van der Waals surface area contributed by atoms with Crippen LogP contribution in [0.2, 0.25) is 0 Å². The number of likely N-dealkylation sites (tertiary alicyclic amines) is 1. The number of aryl methyl sites for hydroxylation is 4. The average Bonchev–Trinajstić information content (AvgIpc) is 3.22. The van der Waals surface area contributed by atoms with E-state index in [2.05, 4.69) is 35.9 Å². The van der Waals surface area contributed by atoms with E-state index in [1.807, 2.05) is 32.9 Å². The van der Waals surface area contributed by atoms with Crippen molar-refractivity contribution in [2.45, 2.75) is 91.2 Å². The number of aromatic nitrogens is 4. The van der Waals surface area contributed by atoms with Crippen LogP contribution in [0, 0.1) is 25.7 Å². The van der Waals surface area contributed by atoms with Crippen molar-refractivity contribution in [3.05, 3.63) is 94.8 Å². The molecule has 0 bridgehead atoms. The largest absolute Gasteiger partial charge is 0.474 e. The van der Waals surface area contributed by atoms with Crippen LogP contribution in [0.5, 0.6) is 0 Å². The van der Waals surface area contributed by atoms with Crippen LogP contribution in [-0.4, -0.2) is 78.6 Å². The molecule has 3 amide bonds. The molecule has 4 atom stereocenters. The molecule has 0 aliphatic carbocycles. The van der Waals surface area contributed by atoms with Gasteiger partial charge in [-0.15, -0.1) is 0 Å². The smallest absolute Gasteiger partial charge is 0.394 e. The van der Waals surface area contributed by atoms with Crippen LogP contribution >= 0.6 is 0 Å². The number of piperidine rings is 2. The number of halogens is 4. The Labute approximate surface area is 351 Å². The molecule has 2 fully saturated rings. The molecule has 0 spiro atoms. The Morgan fingerprint density at radius 1 is 0.754 bits per heavy atom. The Morgan fingerprint density at radius 2 is 1.25 bits per heavy atom. The van der Waals surface area contributed by atoms with Crippen molar-refractivity contribution in [3.63, 3.8) is 0 Å². The van der Waals surface area contributed by atoms with Gasteiger partial charge in [-0.3, -0.25) is 24.4 Å². The van der Waals surface area contributed by atoms with Crippen LogP contribution < -0.4 is 27.4 Å². The number of carboxylic acid groups (broad SMARTS) is 1. The van der Waals surface area contributed by atoms with Gasteiger partial charge in [-0.25, -0.2) is 32.3 Å². The van der Waals surface area contributed by atoms with Crippen LogP contribution in [0.25, 0.3) is 0 Å². The summed E-state index contributed by atoms with van der Waals surface area (Å²) in [5.74, 6) is -10.9. The Bertz CT molecular complexity index is 2180. The van der Waals surface area contributed by atoms with Gasteiger partial charge in [0.2, 0.25) is 0 Å². The highest BCUT2D eigenvalue weighted by atomic mass is 19.3. The van der Waals surface area contributed by atoms with Crippen molar-refractivity contribution in [2.24, 2.45) is 11.8 Å². The average molecular weight is 853 g/mol. The Hall–Kier alpha value is -6.24. The van der Waals surface area contributed by atoms with Crippen molar-refractivity contribution < 1.29 is 41.8 Å². The molecule has 15 nitrogen and oxygen atoms in total. The third-order valence-electron chi connectivity index (χ3n) is 10.5. The first-order valence-corrected chi connectivity index (χ1v) is 19.6. The summed E-state index contributed by atoms with van der Waals surface area (Å²) in [6.45, 7) is 10.5. The minimum absolute atomic E-state index is 0.140. The summed E-state index contributed by atoms with van der Waals surface area (Å²) in [7, 11) is 0. The maximum Gasteiger partial charge on any atom is 0.394 e. The molecule has 61 heavy (non-hydrogen) atoms. The molecule has 0 unspecified atom stereocenters. The lowest BCUT2D eigenvalue weighted by molar-refractivity contribution is -0.159. The fraction of sp³-hybridized carbons (Fsp3) is 0.429. The van der Waals surface area contributed by atoms with Crippen molar-refractivity contribution in [2.75, 3.05) is 35.2 Å². The van der Waals surface area contributed by atoms with Gasteiger partial charge in [-0.2, -0.15) is 0 Å². The predicted octanol–water partition coefficient (Wildman–Crippen LogP) is 6.06. The van der Waals surface area contributed by atoms with Gasteiger partial charge in [0.15, 0.2) is 0 Å². The third-order valence-corrected chi connectivity index (χ3v) is 10.5. The first-order valence-electron chi connectivity index (χ1n) is 19.6. The maximum atomic E-state index is 14.4. The molecular weight excluding hydrogens is 801 g/mol. The molecule has 6 rings (SSSR count). The van der Waals surface area contributed by atoms with Gasteiger partial charge >= 0.3 is 23.7 Å². The molecule has 4 aromatic heterocycles. The number of rotatable bonds is 6. The van der Waals surface area contributed by atoms with Crippen molar-refractivity contribution >= 4 is 46.7 Å². The van der Waals surface area contributed by atoms with Crippen molar-refractivity contribution in [3.8, 4) is 0 Å². The second-order valence-electron chi connectivity index (χ2n) is 15.1. The van der Waals surface area contributed by atoms with Gasteiger partial charge in [0, 0.05) is 67.6 Å². The molecule has 328 valence electrons. The van der Waals surface area contributed by atoms with Crippen LogP contribution in [0.4, 0.5) is 40.6 Å². The van der Waals surface area contributed by atoms with Gasteiger partial charge in [0.25, 0.3) is 11.8 Å². The van der Waals surface area contributed by atoms with E-state index in [1.54, 1.807) is 44.3 Å². The molecule has 2 aliphatic heterocycles. The summed E-state index contributed by atoms with van der Waals surface area (Å²) >= 11 is 0. The van der Waals surface area contributed by atoms with Gasteiger partial charge in [-0.05, 0) is 73.2 Å². The molecule has 0 radical (unpaired) electrons. The number of carbonyl (C=O) groups is 4. The van der Waals surface area contributed by atoms with E-state index in [4.69, 9.17) is 16.6 Å². The van der Waals surface area contributed by atoms with E-state index in [9.17, 15) is 36.7 Å². The van der Waals surface area contributed by atoms with Crippen molar-refractivity contribution in [1.29, 1.82) is 0 Å². The Balaban J connectivity index is 0.000000222. The lowest BCUT2D eigenvalue weighted by Crippen LogP contribution is -2.52. The van der Waals surface area contributed by atoms with Crippen LogP contribution in [0.3, 0.4) is 0 Å². The highest BCUT2D eigenvalue weighted by Gasteiger charge is 2.49. The van der Waals surface area contributed by atoms with Gasteiger partial charge in [0.05, 0.1) is 29.8 Å². The fourth-order valence-corrected chi connectivity index (χ4v) is 6.50. The van der Waals surface area contributed by atoms with E-state index in [0.29, 0.717) is 48.0 Å². The number of nitrogens with one attached hydrogen (secondary N) is 3. The highest BCUT2D eigenvalue weighted by Crippen LogP contribution is 2.43. The second kappa shape index (κ2) is 20.3.